The zero-order chi connectivity index (χ0) is 46.3. The lowest BCUT2D eigenvalue weighted by Crippen LogP contribution is -2.17. The summed E-state index contributed by atoms with van der Waals surface area (Å²) in [5.74, 6) is 3.74. The molecule has 0 aliphatic heterocycles. The average Bonchev–Trinajstić information content (AvgIpc) is 3.24. The molecule has 62 heavy (non-hydrogen) atoms. The van der Waals surface area contributed by atoms with Crippen LogP contribution in [0.15, 0.2) is 109 Å². The van der Waals surface area contributed by atoms with E-state index >= 15 is 0 Å². The predicted octanol–water partition coefficient (Wildman–Crippen LogP) is 17.0. The zero-order valence-corrected chi connectivity index (χ0v) is 42.7. The van der Waals surface area contributed by atoms with Gasteiger partial charge in [0, 0.05) is 33.1 Å². The molecule has 0 aliphatic rings. The van der Waals surface area contributed by atoms with Gasteiger partial charge in [0.1, 0.15) is 28.7 Å². The van der Waals surface area contributed by atoms with Crippen molar-refractivity contribution in [3.05, 3.63) is 126 Å². The molecule has 6 aromatic rings. The van der Waals surface area contributed by atoms with Gasteiger partial charge in [-0.2, -0.15) is 0 Å². The summed E-state index contributed by atoms with van der Waals surface area (Å²) in [5.41, 5.74) is 5.72. The van der Waals surface area contributed by atoms with Crippen molar-refractivity contribution in [3.8, 4) is 39.9 Å². The van der Waals surface area contributed by atoms with Gasteiger partial charge in [0.05, 0.1) is 31.8 Å². The Hall–Kier alpha value is -4.30. The first-order valence-electron chi connectivity index (χ1n) is 22.2. The Morgan fingerprint density at radius 1 is 0.565 bits per heavy atom. The van der Waals surface area contributed by atoms with Crippen LogP contribution in [-0.4, -0.2) is 30.1 Å². The van der Waals surface area contributed by atoms with Gasteiger partial charge < -0.3 is 23.6 Å². The lowest BCUT2D eigenvalue weighted by atomic mass is 9.81. The summed E-state index contributed by atoms with van der Waals surface area (Å²) in [6, 6.07) is 36.6. The fraction of sp³-hybridized carbons (Fsp3) is 0.418. The fourth-order valence-corrected chi connectivity index (χ4v) is 7.61. The van der Waals surface area contributed by atoms with Crippen LogP contribution in [0.1, 0.15) is 126 Å². The zero-order valence-electron chi connectivity index (χ0n) is 40.7. The van der Waals surface area contributed by atoms with Crippen molar-refractivity contribution in [2.75, 3.05) is 14.2 Å². The van der Waals surface area contributed by atoms with Gasteiger partial charge in [-0.25, -0.2) is 0 Å². The van der Waals surface area contributed by atoms with E-state index in [9.17, 15) is 0 Å². The molecule has 0 bridgehead atoms. The van der Waals surface area contributed by atoms with Crippen molar-refractivity contribution < 1.29 is 23.6 Å². The number of benzene rings is 6. The van der Waals surface area contributed by atoms with Gasteiger partial charge >= 0.3 is 0 Å². The number of aromatic hydroxyl groups is 1. The Bertz CT molecular complexity index is 2220. The standard InChI is InChI=1S/C31H50O4P2.C11H10.C10H8O.C3H8/c1-14-20(3)36-34-27-23(16-21(32-12)18-25(27)29(4,5)6)24-17-22(33-13)19-26(30(7,8)9)28(24)35-37-31(10,11)15-2;1-9-6-7-10-4-2-3-5-11(10)8-9;11-10-6-5-8-3-1-2-4-9(8)7-10;1-3-2/h16-20,36-37H,14-15H2,1-13H3;2-8H,1H3;1-7,11H;3H2,1-2H3. The van der Waals surface area contributed by atoms with E-state index in [0.29, 0.717) is 29.0 Å². The minimum atomic E-state index is -0.148. The fourth-order valence-electron chi connectivity index (χ4n) is 6.16. The van der Waals surface area contributed by atoms with E-state index in [1.165, 1.54) is 22.8 Å². The van der Waals surface area contributed by atoms with Crippen LogP contribution in [0.2, 0.25) is 0 Å². The normalized spacial score (nSPS) is 12.3. The van der Waals surface area contributed by atoms with E-state index in [4.69, 9.17) is 23.6 Å². The molecule has 0 spiro atoms. The minimum Gasteiger partial charge on any atom is -0.508 e. The summed E-state index contributed by atoms with van der Waals surface area (Å²) < 4.78 is 25.1. The first-order chi connectivity index (χ1) is 29.2. The Labute approximate surface area is 379 Å². The Kier molecular flexibility index (Phi) is 20.1. The van der Waals surface area contributed by atoms with Crippen LogP contribution in [-0.2, 0) is 10.8 Å². The number of methoxy groups -OCH3 is 2. The summed E-state index contributed by atoms with van der Waals surface area (Å²) in [5, 5.41) is 14.1. The molecule has 0 fully saturated rings. The van der Waals surface area contributed by atoms with Gasteiger partial charge in [-0.1, -0.05) is 175 Å². The molecule has 1 N–H and O–H groups in total. The average molecular weight is 879 g/mol. The maximum Gasteiger partial charge on any atom is 0.134 e. The highest BCUT2D eigenvalue weighted by Gasteiger charge is 2.30. The molecule has 0 heterocycles. The monoisotopic (exact) mass is 879 g/mol. The molecule has 0 amide bonds. The highest BCUT2D eigenvalue weighted by Crippen LogP contribution is 2.52. The molecule has 3 atom stereocenters. The van der Waals surface area contributed by atoms with E-state index < -0.39 is 0 Å². The smallest absolute Gasteiger partial charge is 0.134 e. The molecule has 0 aromatic heterocycles. The molecule has 7 heteroatoms. The molecular weight excluding hydrogens is 803 g/mol. The van der Waals surface area contributed by atoms with E-state index in [1.54, 1.807) is 26.4 Å². The number of aryl methyl sites for hydroxylation is 1. The third kappa shape index (κ3) is 15.5. The Balaban J connectivity index is 0.000000324. The number of fused-ring (bicyclic) bond motifs is 2. The van der Waals surface area contributed by atoms with Crippen LogP contribution in [0, 0.1) is 6.92 Å². The van der Waals surface area contributed by atoms with Crippen LogP contribution in [0.3, 0.4) is 0 Å². The second-order valence-corrected chi connectivity index (χ2v) is 21.9. The molecular formula is C55H76O5P2. The number of phenols is 1. The van der Waals surface area contributed by atoms with E-state index in [-0.39, 0.29) is 16.0 Å². The molecule has 3 unspecified atom stereocenters. The predicted molar refractivity (Wildman–Crippen MR) is 275 cm³/mol. The van der Waals surface area contributed by atoms with Crippen molar-refractivity contribution in [3.63, 3.8) is 0 Å². The quantitative estimate of drug-likeness (QED) is 0.131. The van der Waals surface area contributed by atoms with Crippen LogP contribution < -0.4 is 18.5 Å². The number of hydrogen-bond donors (Lipinski definition) is 1. The van der Waals surface area contributed by atoms with Crippen molar-refractivity contribution in [2.45, 2.75) is 138 Å². The molecule has 0 saturated carbocycles. The molecule has 336 valence electrons. The molecule has 0 saturated heterocycles. The highest BCUT2D eigenvalue weighted by atomic mass is 31.1. The maximum atomic E-state index is 9.13. The van der Waals surface area contributed by atoms with E-state index in [1.807, 2.05) is 30.3 Å². The second-order valence-electron chi connectivity index (χ2n) is 18.7. The van der Waals surface area contributed by atoms with Crippen LogP contribution >= 0.6 is 17.6 Å². The van der Waals surface area contributed by atoms with Crippen molar-refractivity contribution in [2.24, 2.45) is 0 Å². The van der Waals surface area contributed by atoms with Crippen molar-refractivity contribution >= 4 is 39.2 Å². The van der Waals surface area contributed by atoms with Gasteiger partial charge in [0.2, 0.25) is 0 Å². The number of rotatable bonds is 11. The van der Waals surface area contributed by atoms with E-state index in [0.717, 1.165) is 68.9 Å². The highest BCUT2D eigenvalue weighted by molar-refractivity contribution is 7.34. The first-order valence-corrected chi connectivity index (χ1v) is 24.1. The van der Waals surface area contributed by atoms with Crippen molar-refractivity contribution in [1.29, 1.82) is 0 Å². The Morgan fingerprint density at radius 2 is 1.00 bits per heavy atom. The SMILES string of the molecule is CCC.CCC(C)POc1c(-c2cc(OC)cc(C(C)(C)C)c2OPC(C)(C)CC)cc(OC)cc1C(C)(C)C.Cc1ccc2ccccc2c1.Oc1ccc2ccccc2c1. The minimum absolute atomic E-state index is 0.0779. The lowest BCUT2D eigenvalue weighted by Gasteiger charge is -2.31. The molecule has 6 rings (SSSR count). The summed E-state index contributed by atoms with van der Waals surface area (Å²) >= 11 is 0. The Morgan fingerprint density at radius 3 is 1.44 bits per heavy atom. The van der Waals surface area contributed by atoms with Gasteiger partial charge in [0.15, 0.2) is 0 Å². The number of hydrogen-bond acceptors (Lipinski definition) is 5. The largest absolute Gasteiger partial charge is 0.508 e. The number of ether oxygens (including phenoxy) is 2. The van der Waals surface area contributed by atoms with Crippen LogP contribution in [0.25, 0.3) is 32.7 Å². The summed E-state index contributed by atoms with van der Waals surface area (Å²) in [7, 11) is 4.12. The van der Waals surface area contributed by atoms with E-state index in [2.05, 4.69) is 164 Å². The first kappa shape index (κ1) is 52.0. The molecule has 6 aromatic carbocycles. The van der Waals surface area contributed by atoms with Crippen molar-refractivity contribution in [1.82, 2.24) is 0 Å². The summed E-state index contributed by atoms with van der Waals surface area (Å²) in [6.07, 6.45) is 3.36. The van der Waals surface area contributed by atoms with Crippen LogP contribution in [0.4, 0.5) is 0 Å². The maximum absolute atomic E-state index is 9.13. The second kappa shape index (κ2) is 24.0. The topological polar surface area (TPSA) is 57.2 Å². The van der Waals surface area contributed by atoms with Crippen LogP contribution in [0.5, 0.6) is 28.7 Å². The van der Waals surface area contributed by atoms with Gasteiger partial charge in [0.25, 0.3) is 0 Å². The number of phenolic OH excluding ortho intramolecular Hbond substituents is 1. The third-order valence-electron chi connectivity index (χ3n) is 10.4. The molecule has 0 radical (unpaired) electrons. The van der Waals surface area contributed by atoms with Gasteiger partial charge in [-0.05, 0) is 88.5 Å². The summed E-state index contributed by atoms with van der Waals surface area (Å²) in [4.78, 5) is 0. The van der Waals surface area contributed by atoms with Gasteiger partial charge in [-0.15, -0.1) is 0 Å². The summed E-state index contributed by atoms with van der Waals surface area (Å²) in [6.45, 7) is 30.9. The third-order valence-corrected chi connectivity index (χ3v) is 12.8. The lowest BCUT2D eigenvalue weighted by molar-refractivity contribution is 0.410. The molecule has 5 nitrogen and oxygen atoms in total. The van der Waals surface area contributed by atoms with Gasteiger partial charge in [-0.3, -0.25) is 0 Å². The molecule has 0 aliphatic carbocycles.